The van der Waals surface area contributed by atoms with Crippen molar-refractivity contribution in [3.63, 3.8) is 0 Å². The first-order valence-corrected chi connectivity index (χ1v) is 7.55. The van der Waals surface area contributed by atoms with E-state index in [1.165, 1.54) is 19.4 Å². The van der Waals surface area contributed by atoms with Crippen LogP contribution < -0.4 is 21.3 Å². The second-order valence-electron chi connectivity index (χ2n) is 5.20. The number of rotatable bonds is 10. The first-order valence-electron chi connectivity index (χ1n) is 7.55. The number of hydrogen-bond acceptors (Lipinski definition) is 6. The Morgan fingerprint density at radius 3 is 2.35 bits per heavy atom. The molecule has 1 aromatic heterocycles. The summed E-state index contributed by atoms with van der Waals surface area (Å²) < 4.78 is 0. The molecule has 0 fully saturated rings. The highest BCUT2D eigenvalue weighted by molar-refractivity contribution is 5.92. The maximum Gasteiger partial charge on any atom is 0.322 e. The topological polar surface area (TPSA) is 182 Å². The molecule has 0 radical (unpaired) electrons. The molecule has 1 rings (SSSR count). The van der Waals surface area contributed by atoms with Gasteiger partial charge < -0.3 is 31.4 Å². The molecule has 0 spiro atoms. The Kier molecular flexibility index (Phi) is 8.27. The molecule has 1 aromatic rings. The van der Waals surface area contributed by atoms with Crippen molar-refractivity contribution in [2.45, 2.75) is 19.4 Å². The Hall–Kier alpha value is -3.44. The second kappa shape index (κ2) is 10.4. The van der Waals surface area contributed by atoms with Crippen LogP contribution in [0.25, 0.3) is 0 Å². The molecule has 12 nitrogen and oxygen atoms in total. The van der Waals surface area contributed by atoms with Crippen LogP contribution in [0.5, 0.6) is 0 Å². The Balaban J connectivity index is 2.56. The van der Waals surface area contributed by atoms with Crippen molar-refractivity contribution in [2.75, 3.05) is 19.6 Å². The van der Waals surface area contributed by atoms with Crippen molar-refractivity contribution < 1.29 is 29.1 Å². The molecule has 1 heterocycles. The number of hydrogen-bond donors (Lipinski definition) is 6. The van der Waals surface area contributed by atoms with E-state index in [-0.39, 0.29) is 18.9 Å². The third-order valence-corrected chi connectivity index (χ3v) is 2.99. The van der Waals surface area contributed by atoms with Crippen molar-refractivity contribution in [3.8, 4) is 0 Å². The number of H-pyrrole nitrogens is 1. The van der Waals surface area contributed by atoms with Gasteiger partial charge in [0, 0.05) is 25.2 Å². The molecule has 0 unspecified atom stereocenters. The summed E-state index contributed by atoms with van der Waals surface area (Å²) in [5, 5.41) is 17.8. The SMILES string of the molecule is CC(=O)NCC(=O)NCC(=O)N[C@@H](Cc1cnc[nH]1)C(=O)NCC(=O)O. The van der Waals surface area contributed by atoms with E-state index in [1.54, 1.807) is 0 Å². The number of amides is 4. The Labute approximate surface area is 148 Å². The summed E-state index contributed by atoms with van der Waals surface area (Å²) in [7, 11) is 0. The van der Waals surface area contributed by atoms with Crippen LogP contribution >= 0.6 is 0 Å². The molecular weight excluding hydrogens is 348 g/mol. The highest BCUT2D eigenvalue weighted by atomic mass is 16.4. The average Bonchev–Trinajstić information content (AvgIpc) is 3.08. The van der Waals surface area contributed by atoms with Crippen molar-refractivity contribution in [2.24, 2.45) is 0 Å². The van der Waals surface area contributed by atoms with E-state index < -0.39 is 42.8 Å². The fourth-order valence-electron chi connectivity index (χ4n) is 1.80. The van der Waals surface area contributed by atoms with Gasteiger partial charge in [-0.25, -0.2) is 4.98 Å². The predicted molar refractivity (Wildman–Crippen MR) is 86.6 cm³/mol. The van der Waals surface area contributed by atoms with Crippen LogP contribution in [0.15, 0.2) is 12.5 Å². The van der Waals surface area contributed by atoms with E-state index in [0.29, 0.717) is 5.69 Å². The van der Waals surface area contributed by atoms with E-state index in [2.05, 4.69) is 31.2 Å². The van der Waals surface area contributed by atoms with Gasteiger partial charge in [0.25, 0.3) is 0 Å². The molecule has 142 valence electrons. The summed E-state index contributed by atoms with van der Waals surface area (Å²) in [5.41, 5.74) is 0.551. The zero-order valence-electron chi connectivity index (χ0n) is 14.0. The first kappa shape index (κ1) is 20.6. The van der Waals surface area contributed by atoms with Crippen LogP contribution in [0.1, 0.15) is 12.6 Å². The molecule has 0 aliphatic rings. The molecule has 0 saturated carbocycles. The molecule has 0 aliphatic carbocycles. The third kappa shape index (κ3) is 8.42. The van der Waals surface area contributed by atoms with Crippen molar-refractivity contribution in [1.29, 1.82) is 0 Å². The van der Waals surface area contributed by atoms with Gasteiger partial charge in [-0.3, -0.25) is 24.0 Å². The zero-order chi connectivity index (χ0) is 19.5. The summed E-state index contributed by atoms with van der Waals surface area (Å²) in [5.74, 6) is -3.54. The maximum absolute atomic E-state index is 12.1. The third-order valence-electron chi connectivity index (χ3n) is 2.99. The quantitative estimate of drug-likeness (QED) is 0.252. The number of carboxylic acid groups (broad SMARTS) is 1. The van der Waals surface area contributed by atoms with Crippen molar-refractivity contribution in [3.05, 3.63) is 18.2 Å². The zero-order valence-corrected chi connectivity index (χ0v) is 14.0. The molecule has 12 heteroatoms. The van der Waals surface area contributed by atoms with Crippen LogP contribution in [-0.2, 0) is 30.4 Å². The largest absolute Gasteiger partial charge is 0.480 e. The highest BCUT2D eigenvalue weighted by Gasteiger charge is 2.22. The molecular formula is C14H20N6O6. The summed E-state index contributed by atoms with van der Waals surface area (Å²) in [6.45, 7) is -0.0409. The highest BCUT2D eigenvalue weighted by Crippen LogP contribution is 1.99. The van der Waals surface area contributed by atoms with E-state index in [1.807, 2.05) is 0 Å². The fourth-order valence-corrected chi connectivity index (χ4v) is 1.80. The van der Waals surface area contributed by atoms with Gasteiger partial charge in [0.05, 0.1) is 19.4 Å². The van der Waals surface area contributed by atoms with E-state index in [9.17, 15) is 24.0 Å². The second-order valence-corrected chi connectivity index (χ2v) is 5.20. The number of nitrogens with zero attached hydrogens (tertiary/aromatic N) is 1. The standard InChI is InChI=1S/C14H20N6O6/c1-8(21)16-4-11(22)17-5-12(23)20-10(2-9-3-15-7-19-9)14(26)18-6-13(24)25/h3,7,10H,2,4-6H2,1H3,(H,15,19)(H,16,21)(H,17,22)(H,18,26)(H,20,23)(H,24,25)/t10-/m0/s1. The molecule has 26 heavy (non-hydrogen) atoms. The Morgan fingerprint density at radius 2 is 1.77 bits per heavy atom. The van der Waals surface area contributed by atoms with Gasteiger partial charge in [0.15, 0.2) is 0 Å². The smallest absolute Gasteiger partial charge is 0.322 e. The predicted octanol–water partition coefficient (Wildman–Crippen LogP) is -3.11. The van der Waals surface area contributed by atoms with Crippen LogP contribution in [0.4, 0.5) is 0 Å². The minimum absolute atomic E-state index is 0.0526. The number of aromatic nitrogens is 2. The van der Waals surface area contributed by atoms with Crippen molar-refractivity contribution in [1.82, 2.24) is 31.2 Å². The van der Waals surface area contributed by atoms with Crippen LogP contribution in [0, 0.1) is 0 Å². The molecule has 4 amide bonds. The number of carboxylic acids is 1. The lowest BCUT2D eigenvalue weighted by atomic mass is 10.1. The van der Waals surface area contributed by atoms with Gasteiger partial charge in [0.1, 0.15) is 12.6 Å². The Morgan fingerprint density at radius 1 is 1.08 bits per heavy atom. The summed E-state index contributed by atoms with van der Waals surface area (Å²) in [6, 6.07) is -1.06. The number of nitrogens with one attached hydrogen (secondary N) is 5. The molecule has 0 saturated heterocycles. The van der Waals surface area contributed by atoms with Crippen molar-refractivity contribution >= 4 is 29.6 Å². The fraction of sp³-hybridized carbons (Fsp3) is 0.429. The molecule has 0 aromatic carbocycles. The number of carbonyl (C=O) groups is 5. The summed E-state index contributed by atoms with van der Waals surface area (Å²) in [6.07, 6.45) is 2.90. The molecule has 1 atom stereocenters. The van der Waals surface area contributed by atoms with Gasteiger partial charge in [-0.05, 0) is 0 Å². The van der Waals surface area contributed by atoms with E-state index >= 15 is 0 Å². The van der Waals surface area contributed by atoms with E-state index in [4.69, 9.17) is 5.11 Å². The molecule has 0 bridgehead atoms. The average molecular weight is 368 g/mol. The van der Waals surface area contributed by atoms with Gasteiger partial charge >= 0.3 is 5.97 Å². The number of aromatic amines is 1. The maximum atomic E-state index is 12.1. The van der Waals surface area contributed by atoms with E-state index in [0.717, 1.165) is 0 Å². The lowest BCUT2D eigenvalue weighted by Crippen LogP contribution is -2.51. The summed E-state index contributed by atoms with van der Waals surface area (Å²) >= 11 is 0. The van der Waals surface area contributed by atoms with Gasteiger partial charge in [-0.2, -0.15) is 0 Å². The lowest BCUT2D eigenvalue weighted by molar-refractivity contribution is -0.138. The van der Waals surface area contributed by atoms with Crippen LogP contribution in [-0.4, -0.2) is 70.3 Å². The number of aliphatic carboxylic acids is 1. The van der Waals surface area contributed by atoms with Crippen LogP contribution in [0.3, 0.4) is 0 Å². The lowest BCUT2D eigenvalue weighted by Gasteiger charge is -2.17. The van der Waals surface area contributed by atoms with Crippen LogP contribution in [0.2, 0.25) is 0 Å². The molecule has 0 aliphatic heterocycles. The normalized spacial score (nSPS) is 11.1. The van der Waals surface area contributed by atoms with Gasteiger partial charge in [0.2, 0.25) is 23.6 Å². The minimum Gasteiger partial charge on any atom is -0.480 e. The first-order chi connectivity index (χ1) is 12.3. The number of carbonyl (C=O) groups excluding carboxylic acids is 4. The summed E-state index contributed by atoms with van der Waals surface area (Å²) in [4.78, 5) is 63.3. The molecule has 6 N–H and O–H groups in total. The monoisotopic (exact) mass is 368 g/mol. The Bertz CT molecular complexity index is 659. The number of imidazole rings is 1. The van der Waals surface area contributed by atoms with Gasteiger partial charge in [-0.1, -0.05) is 0 Å². The minimum atomic E-state index is -1.23. The van der Waals surface area contributed by atoms with Gasteiger partial charge in [-0.15, -0.1) is 0 Å².